The summed E-state index contributed by atoms with van der Waals surface area (Å²) in [5, 5.41) is 10.1. The van der Waals surface area contributed by atoms with Gasteiger partial charge in [-0.15, -0.1) is 0 Å². The molecule has 144 valence electrons. The maximum absolute atomic E-state index is 13.4. The van der Waals surface area contributed by atoms with Crippen LogP contribution in [-0.2, 0) is 4.79 Å². The number of carbonyl (C=O) groups excluding carboxylic acids is 2. The average molecular weight is 383 g/mol. The third kappa shape index (κ3) is 3.23. The number of imide groups is 1. The number of hydrogen-bond donors (Lipinski definition) is 1. The van der Waals surface area contributed by atoms with Gasteiger partial charge in [-0.05, 0) is 85.0 Å². The van der Waals surface area contributed by atoms with Crippen LogP contribution in [0, 0.1) is 20.8 Å². The molecule has 1 aliphatic rings. The Morgan fingerprint density at radius 2 is 1.45 bits per heavy atom. The van der Waals surface area contributed by atoms with Crippen molar-refractivity contribution in [3.63, 3.8) is 0 Å². The number of phenolic OH excluding ortho intramolecular Hbond substituents is 1. The predicted octanol–water partition coefficient (Wildman–Crippen LogP) is 5.05. The highest BCUT2D eigenvalue weighted by Gasteiger charge is 2.35. The van der Waals surface area contributed by atoms with Crippen molar-refractivity contribution in [2.45, 2.75) is 20.8 Å². The summed E-state index contributed by atoms with van der Waals surface area (Å²) < 4.78 is 0. The quantitative estimate of drug-likeness (QED) is 0.498. The summed E-state index contributed by atoms with van der Waals surface area (Å²) in [6.07, 6.45) is 1.79. The van der Waals surface area contributed by atoms with Gasteiger partial charge in [0.1, 0.15) is 5.75 Å². The Morgan fingerprint density at radius 1 is 0.793 bits per heavy atom. The fourth-order valence-electron chi connectivity index (χ4n) is 3.73. The number of nitrogens with zero attached hydrogens (tertiary/aromatic N) is 1. The number of rotatable bonds is 2. The summed E-state index contributed by atoms with van der Waals surface area (Å²) in [5.41, 5.74) is 5.36. The lowest BCUT2D eigenvalue weighted by molar-refractivity contribution is -0.112. The van der Waals surface area contributed by atoms with Gasteiger partial charge in [0.05, 0.1) is 5.69 Å². The van der Waals surface area contributed by atoms with Crippen LogP contribution in [0.15, 0.2) is 60.7 Å². The van der Waals surface area contributed by atoms with E-state index in [1.165, 1.54) is 4.90 Å². The Balaban J connectivity index is 1.92. The van der Waals surface area contributed by atoms with E-state index in [1.54, 1.807) is 30.3 Å². The Kier molecular flexibility index (Phi) is 4.55. The molecule has 0 unspecified atom stereocenters. The number of aryl methyl sites for hydroxylation is 3. The maximum atomic E-state index is 13.4. The molecule has 29 heavy (non-hydrogen) atoms. The molecule has 2 amide bonds. The van der Waals surface area contributed by atoms with Gasteiger partial charge in [0, 0.05) is 11.1 Å². The van der Waals surface area contributed by atoms with Crippen LogP contribution < -0.4 is 4.90 Å². The van der Waals surface area contributed by atoms with Crippen LogP contribution in [0.25, 0.3) is 11.6 Å². The number of phenols is 1. The van der Waals surface area contributed by atoms with Gasteiger partial charge < -0.3 is 5.11 Å². The predicted molar refractivity (Wildman–Crippen MR) is 115 cm³/mol. The standard InChI is InChI=1S/C25H21NO3/c1-15-7-6-8-19(11-15)26-24(28)21-10-5-4-9-20(21)22(25(26)29)14-18-12-16(2)23(27)17(3)13-18/h4-14,27H,1-3H3/b22-14-. The van der Waals surface area contributed by atoms with E-state index in [0.717, 1.165) is 22.3 Å². The molecule has 3 aromatic carbocycles. The van der Waals surface area contributed by atoms with Gasteiger partial charge in [0.2, 0.25) is 0 Å². The highest BCUT2D eigenvalue weighted by Crippen LogP contribution is 2.34. The van der Waals surface area contributed by atoms with Crippen molar-refractivity contribution in [3.8, 4) is 5.75 Å². The van der Waals surface area contributed by atoms with E-state index in [0.29, 0.717) is 22.4 Å². The molecule has 4 rings (SSSR count). The number of aromatic hydroxyl groups is 1. The lowest BCUT2D eigenvalue weighted by atomic mass is 9.91. The first kappa shape index (κ1) is 18.7. The lowest BCUT2D eigenvalue weighted by Gasteiger charge is -2.29. The maximum Gasteiger partial charge on any atom is 0.265 e. The summed E-state index contributed by atoms with van der Waals surface area (Å²) in [6, 6.07) is 18.2. The van der Waals surface area contributed by atoms with Gasteiger partial charge in [-0.25, -0.2) is 4.90 Å². The summed E-state index contributed by atoms with van der Waals surface area (Å²) in [7, 11) is 0. The number of carbonyl (C=O) groups is 2. The van der Waals surface area contributed by atoms with Crippen LogP contribution in [0.5, 0.6) is 5.75 Å². The SMILES string of the molecule is Cc1cccc(N2C(=O)/C(=C\c3cc(C)c(O)c(C)c3)c3ccccc3C2=O)c1. The molecule has 0 saturated carbocycles. The molecular formula is C25H21NO3. The Hall–Kier alpha value is -3.66. The second-order valence-corrected chi connectivity index (χ2v) is 7.39. The molecule has 0 atom stereocenters. The molecule has 0 aliphatic carbocycles. The van der Waals surface area contributed by atoms with E-state index in [2.05, 4.69) is 0 Å². The monoisotopic (exact) mass is 383 g/mol. The van der Waals surface area contributed by atoms with E-state index >= 15 is 0 Å². The minimum atomic E-state index is -0.359. The fourth-order valence-corrected chi connectivity index (χ4v) is 3.73. The number of amides is 2. The zero-order valence-corrected chi connectivity index (χ0v) is 16.6. The average Bonchev–Trinajstić information content (AvgIpc) is 2.69. The number of hydrogen-bond acceptors (Lipinski definition) is 3. The van der Waals surface area contributed by atoms with Crippen molar-refractivity contribution in [1.82, 2.24) is 0 Å². The summed E-state index contributed by atoms with van der Waals surface area (Å²) >= 11 is 0. The second kappa shape index (κ2) is 7.06. The molecule has 0 fully saturated rings. The van der Waals surface area contributed by atoms with Crippen molar-refractivity contribution < 1.29 is 14.7 Å². The van der Waals surface area contributed by atoms with Crippen molar-refractivity contribution in [2.24, 2.45) is 0 Å². The molecule has 0 bridgehead atoms. The van der Waals surface area contributed by atoms with Crippen molar-refractivity contribution in [2.75, 3.05) is 4.90 Å². The van der Waals surface area contributed by atoms with Crippen LogP contribution in [-0.4, -0.2) is 16.9 Å². The van der Waals surface area contributed by atoms with E-state index in [4.69, 9.17) is 0 Å². The molecule has 1 aliphatic heterocycles. The Morgan fingerprint density at radius 3 is 2.10 bits per heavy atom. The van der Waals surface area contributed by atoms with Crippen molar-refractivity contribution in [3.05, 3.63) is 94.0 Å². The lowest BCUT2D eigenvalue weighted by Crippen LogP contribution is -2.41. The van der Waals surface area contributed by atoms with E-state index < -0.39 is 0 Å². The molecule has 0 saturated heterocycles. The molecule has 4 heteroatoms. The molecule has 0 radical (unpaired) electrons. The normalized spacial score (nSPS) is 15.0. The minimum Gasteiger partial charge on any atom is -0.507 e. The molecule has 0 spiro atoms. The van der Waals surface area contributed by atoms with Crippen LogP contribution >= 0.6 is 0 Å². The number of benzene rings is 3. The summed E-state index contributed by atoms with van der Waals surface area (Å²) in [4.78, 5) is 27.8. The van der Waals surface area contributed by atoms with Gasteiger partial charge in [-0.2, -0.15) is 0 Å². The third-order valence-corrected chi connectivity index (χ3v) is 5.17. The highest BCUT2D eigenvalue weighted by atomic mass is 16.3. The smallest absolute Gasteiger partial charge is 0.265 e. The Labute approximate surface area is 169 Å². The van der Waals surface area contributed by atoms with Gasteiger partial charge in [-0.1, -0.05) is 30.3 Å². The number of fused-ring (bicyclic) bond motifs is 1. The van der Waals surface area contributed by atoms with E-state index in [1.807, 2.05) is 57.2 Å². The van der Waals surface area contributed by atoms with Crippen LogP contribution in [0.4, 0.5) is 5.69 Å². The zero-order valence-electron chi connectivity index (χ0n) is 16.6. The van der Waals surface area contributed by atoms with Gasteiger partial charge in [0.25, 0.3) is 11.8 Å². The molecule has 3 aromatic rings. The second-order valence-electron chi connectivity index (χ2n) is 7.39. The first-order valence-electron chi connectivity index (χ1n) is 9.43. The van der Waals surface area contributed by atoms with E-state index in [9.17, 15) is 14.7 Å². The van der Waals surface area contributed by atoms with E-state index in [-0.39, 0.29) is 17.6 Å². The van der Waals surface area contributed by atoms with Crippen molar-refractivity contribution >= 4 is 29.2 Å². The van der Waals surface area contributed by atoms with Crippen LogP contribution in [0.3, 0.4) is 0 Å². The molecule has 4 nitrogen and oxygen atoms in total. The number of anilines is 1. The van der Waals surface area contributed by atoms with Crippen molar-refractivity contribution in [1.29, 1.82) is 0 Å². The highest BCUT2D eigenvalue weighted by molar-refractivity contribution is 6.43. The molecular weight excluding hydrogens is 362 g/mol. The minimum absolute atomic E-state index is 0.249. The van der Waals surface area contributed by atoms with Gasteiger partial charge in [0.15, 0.2) is 0 Å². The first-order valence-corrected chi connectivity index (χ1v) is 9.43. The largest absolute Gasteiger partial charge is 0.507 e. The molecule has 1 N–H and O–H groups in total. The van der Waals surface area contributed by atoms with Crippen LogP contribution in [0.2, 0.25) is 0 Å². The zero-order chi connectivity index (χ0) is 20.7. The third-order valence-electron chi connectivity index (χ3n) is 5.17. The molecule has 1 heterocycles. The van der Waals surface area contributed by atoms with Gasteiger partial charge in [-0.3, -0.25) is 9.59 Å². The summed E-state index contributed by atoms with van der Waals surface area (Å²) in [5.74, 6) is -0.437. The molecule has 0 aromatic heterocycles. The van der Waals surface area contributed by atoms with Gasteiger partial charge >= 0.3 is 0 Å². The summed E-state index contributed by atoms with van der Waals surface area (Å²) in [6.45, 7) is 5.57. The topological polar surface area (TPSA) is 57.6 Å². The first-order chi connectivity index (χ1) is 13.9. The van der Waals surface area contributed by atoms with Crippen LogP contribution in [0.1, 0.15) is 38.2 Å². The Bertz CT molecular complexity index is 1170. The fraction of sp³-hybridized carbons (Fsp3) is 0.120.